The lowest BCUT2D eigenvalue weighted by Gasteiger charge is -2.49. The fourth-order valence-corrected chi connectivity index (χ4v) is 3.18. The molecule has 2 fully saturated rings. The van der Waals surface area contributed by atoms with Gasteiger partial charge in [0.1, 0.15) is 0 Å². The van der Waals surface area contributed by atoms with E-state index in [2.05, 4.69) is 13.8 Å². The van der Waals surface area contributed by atoms with Crippen molar-refractivity contribution >= 4 is 0 Å². The highest BCUT2D eigenvalue weighted by atomic mass is 14.5. The second-order valence-corrected chi connectivity index (χ2v) is 4.47. The van der Waals surface area contributed by atoms with Gasteiger partial charge < -0.3 is 0 Å². The van der Waals surface area contributed by atoms with Gasteiger partial charge in [0.25, 0.3) is 0 Å². The predicted molar refractivity (Wildman–Crippen MR) is 43.8 cm³/mol. The van der Waals surface area contributed by atoms with Crippen molar-refractivity contribution in [1.29, 1.82) is 0 Å². The molecule has 0 heteroatoms. The second kappa shape index (κ2) is 1.99. The molecule has 2 aliphatic rings. The molecule has 58 valence electrons. The average Bonchev–Trinajstić information content (AvgIpc) is 2.30. The summed E-state index contributed by atoms with van der Waals surface area (Å²) in [4.78, 5) is 0. The van der Waals surface area contributed by atoms with Crippen LogP contribution in [0.25, 0.3) is 0 Å². The van der Waals surface area contributed by atoms with E-state index in [0.29, 0.717) is 0 Å². The smallest absolute Gasteiger partial charge is 0.0246 e. The van der Waals surface area contributed by atoms with E-state index in [4.69, 9.17) is 0 Å². The maximum Gasteiger partial charge on any atom is -0.0246 e. The van der Waals surface area contributed by atoms with E-state index in [9.17, 15) is 0 Å². The summed E-state index contributed by atoms with van der Waals surface area (Å²) in [5, 5.41) is 0. The predicted octanol–water partition coefficient (Wildman–Crippen LogP) is 3.22. The first-order chi connectivity index (χ1) is 4.76. The van der Waals surface area contributed by atoms with Gasteiger partial charge in [0.15, 0.2) is 0 Å². The molecule has 0 aromatic rings. The summed E-state index contributed by atoms with van der Waals surface area (Å²) in [6.45, 7) is 4.91. The van der Waals surface area contributed by atoms with Gasteiger partial charge in [-0.05, 0) is 36.5 Å². The first-order valence-corrected chi connectivity index (χ1v) is 4.76. The quantitative estimate of drug-likeness (QED) is 0.482. The Morgan fingerprint density at radius 1 is 1.00 bits per heavy atom. The summed E-state index contributed by atoms with van der Waals surface area (Å²) in [6.07, 6.45) is 7.59. The Hall–Kier alpha value is 0. The number of rotatable bonds is 0. The lowest BCUT2D eigenvalue weighted by molar-refractivity contribution is 0.00884. The Bertz CT molecular complexity index is 139. The van der Waals surface area contributed by atoms with E-state index in [1.54, 1.807) is 0 Å². The van der Waals surface area contributed by atoms with E-state index >= 15 is 0 Å². The van der Waals surface area contributed by atoms with Gasteiger partial charge in [-0.15, -0.1) is 0 Å². The first kappa shape index (κ1) is 6.69. The monoisotopic (exact) mass is 138 g/mol. The molecule has 2 aliphatic carbocycles. The minimum atomic E-state index is 0.833. The highest BCUT2D eigenvalue weighted by molar-refractivity contribution is 4.99. The van der Waals surface area contributed by atoms with Crippen LogP contribution in [0.4, 0.5) is 0 Å². The van der Waals surface area contributed by atoms with E-state index in [1.165, 1.54) is 32.1 Å². The van der Waals surface area contributed by atoms with Gasteiger partial charge in [0.05, 0.1) is 0 Å². The minimum absolute atomic E-state index is 0.833. The van der Waals surface area contributed by atoms with Crippen LogP contribution >= 0.6 is 0 Å². The zero-order valence-corrected chi connectivity index (χ0v) is 7.19. The molecule has 0 aliphatic heterocycles. The highest BCUT2D eigenvalue weighted by Crippen LogP contribution is 2.59. The van der Waals surface area contributed by atoms with Gasteiger partial charge in [-0.25, -0.2) is 0 Å². The van der Waals surface area contributed by atoms with Crippen molar-refractivity contribution in [2.24, 2.45) is 17.3 Å². The Kier molecular flexibility index (Phi) is 1.33. The second-order valence-electron chi connectivity index (χ2n) is 4.47. The van der Waals surface area contributed by atoms with Crippen LogP contribution in [0.5, 0.6) is 0 Å². The Morgan fingerprint density at radius 2 is 1.70 bits per heavy atom. The van der Waals surface area contributed by atoms with Crippen molar-refractivity contribution in [2.75, 3.05) is 0 Å². The molecule has 0 bridgehead atoms. The van der Waals surface area contributed by atoms with Crippen molar-refractivity contribution in [3.63, 3.8) is 0 Å². The Morgan fingerprint density at radius 3 is 1.90 bits per heavy atom. The Balaban J connectivity index is 2.13. The molecule has 0 N–H and O–H groups in total. The molecule has 0 radical (unpaired) electrons. The molecule has 0 nitrogen and oxygen atoms in total. The lowest BCUT2D eigenvalue weighted by atomic mass is 9.56. The molecule has 2 saturated carbocycles. The van der Waals surface area contributed by atoms with Crippen molar-refractivity contribution < 1.29 is 0 Å². The van der Waals surface area contributed by atoms with Crippen molar-refractivity contribution in [2.45, 2.75) is 46.0 Å². The summed E-state index contributed by atoms with van der Waals surface area (Å²) in [5.74, 6) is 2.08. The number of hydrogen-bond acceptors (Lipinski definition) is 0. The van der Waals surface area contributed by atoms with E-state index in [0.717, 1.165) is 17.3 Å². The fourth-order valence-electron chi connectivity index (χ4n) is 3.18. The normalized spacial score (nSPS) is 53.4. The van der Waals surface area contributed by atoms with Crippen molar-refractivity contribution in [1.82, 2.24) is 0 Å². The van der Waals surface area contributed by atoms with Gasteiger partial charge in [-0.2, -0.15) is 0 Å². The molecule has 0 amide bonds. The topological polar surface area (TPSA) is 0 Å². The molecule has 0 aromatic carbocycles. The van der Waals surface area contributed by atoms with Gasteiger partial charge in [0, 0.05) is 0 Å². The van der Waals surface area contributed by atoms with Gasteiger partial charge >= 0.3 is 0 Å². The lowest BCUT2D eigenvalue weighted by Crippen LogP contribution is -2.40. The summed E-state index contributed by atoms with van der Waals surface area (Å²) in [7, 11) is 0. The molecule has 3 unspecified atom stereocenters. The zero-order valence-electron chi connectivity index (χ0n) is 7.19. The Labute approximate surface area is 64.0 Å². The first-order valence-electron chi connectivity index (χ1n) is 4.76. The van der Waals surface area contributed by atoms with Crippen molar-refractivity contribution in [3.05, 3.63) is 0 Å². The van der Waals surface area contributed by atoms with Crippen LogP contribution in [-0.2, 0) is 0 Å². The standard InChI is InChI=1S/C10H18/c1-8-4-3-6-10(8)7-5-9(10)2/h8-9H,3-7H2,1-2H3. The average molecular weight is 138 g/mol. The van der Waals surface area contributed by atoms with Crippen LogP contribution < -0.4 is 0 Å². The van der Waals surface area contributed by atoms with Gasteiger partial charge in [-0.1, -0.05) is 26.7 Å². The zero-order chi connectivity index (χ0) is 7.19. The van der Waals surface area contributed by atoms with Crippen LogP contribution in [-0.4, -0.2) is 0 Å². The van der Waals surface area contributed by atoms with Gasteiger partial charge in [-0.3, -0.25) is 0 Å². The summed E-state index contributed by atoms with van der Waals surface area (Å²) >= 11 is 0. The molecule has 0 heterocycles. The third-order valence-corrected chi connectivity index (χ3v) is 4.29. The number of hydrogen-bond donors (Lipinski definition) is 0. The molecule has 2 rings (SSSR count). The van der Waals surface area contributed by atoms with Crippen LogP contribution in [0, 0.1) is 17.3 Å². The molecular formula is C10H18. The summed E-state index contributed by atoms with van der Waals surface area (Å²) < 4.78 is 0. The van der Waals surface area contributed by atoms with E-state index in [1.807, 2.05) is 0 Å². The van der Waals surface area contributed by atoms with E-state index < -0.39 is 0 Å². The van der Waals surface area contributed by atoms with Crippen LogP contribution in [0.15, 0.2) is 0 Å². The molecule has 0 aromatic heterocycles. The van der Waals surface area contributed by atoms with Crippen LogP contribution in [0.1, 0.15) is 46.0 Å². The molecule has 3 atom stereocenters. The third kappa shape index (κ3) is 0.627. The fraction of sp³-hybridized carbons (Fsp3) is 1.00. The third-order valence-electron chi connectivity index (χ3n) is 4.29. The SMILES string of the molecule is CC1CCCC12CCC2C. The maximum atomic E-state index is 2.46. The van der Waals surface area contributed by atoms with Gasteiger partial charge in [0.2, 0.25) is 0 Å². The summed E-state index contributed by atoms with van der Waals surface area (Å²) in [5.41, 5.74) is 0.833. The molecular weight excluding hydrogens is 120 g/mol. The maximum absolute atomic E-state index is 2.46. The largest absolute Gasteiger partial charge is 0.0620 e. The molecule has 0 saturated heterocycles. The van der Waals surface area contributed by atoms with Crippen LogP contribution in [0.3, 0.4) is 0 Å². The molecule has 10 heavy (non-hydrogen) atoms. The molecule has 1 spiro atoms. The van der Waals surface area contributed by atoms with Crippen molar-refractivity contribution in [3.8, 4) is 0 Å². The van der Waals surface area contributed by atoms with Crippen LogP contribution in [0.2, 0.25) is 0 Å². The van der Waals surface area contributed by atoms with E-state index in [-0.39, 0.29) is 0 Å². The minimum Gasteiger partial charge on any atom is -0.0620 e. The highest BCUT2D eigenvalue weighted by Gasteiger charge is 2.49. The summed E-state index contributed by atoms with van der Waals surface area (Å²) in [6, 6.07) is 0.